The van der Waals surface area contributed by atoms with E-state index in [0.717, 1.165) is 56.1 Å². The summed E-state index contributed by atoms with van der Waals surface area (Å²) in [6.45, 7) is 3.01. The number of methoxy groups -OCH3 is 1. The number of allylic oxidation sites excluding steroid dienone is 1. The fraction of sp³-hybridized carbons (Fsp3) is 0.194. The van der Waals surface area contributed by atoms with Gasteiger partial charge in [-0.15, -0.1) is 0 Å². The van der Waals surface area contributed by atoms with Crippen LogP contribution in [0.25, 0.3) is 22.0 Å². The zero-order valence-electron chi connectivity index (χ0n) is 23.0. The molecular formula is C31H29N5O4S. The smallest absolute Gasteiger partial charge is 0.229 e. The summed E-state index contributed by atoms with van der Waals surface area (Å²) in [4.78, 5) is 8.87. The number of hydrogen-bond acceptors (Lipinski definition) is 7. The Kier molecular flexibility index (Phi) is 6.92. The number of aromatic nitrogens is 4. The second-order valence-corrected chi connectivity index (χ2v) is 11.6. The average Bonchev–Trinajstić information content (AvgIpc) is 3.27. The Morgan fingerprint density at radius 3 is 2.68 bits per heavy atom. The van der Waals surface area contributed by atoms with Gasteiger partial charge in [-0.1, -0.05) is 25.1 Å². The van der Waals surface area contributed by atoms with Crippen LogP contribution >= 0.6 is 0 Å². The lowest BCUT2D eigenvalue weighted by Gasteiger charge is -2.18. The summed E-state index contributed by atoms with van der Waals surface area (Å²) in [6, 6.07) is 19.5. The second-order valence-electron chi connectivity index (χ2n) is 9.89. The molecule has 5 aromatic rings. The molecule has 0 aliphatic carbocycles. The van der Waals surface area contributed by atoms with E-state index in [9.17, 15) is 8.42 Å². The molecule has 0 amide bonds. The van der Waals surface area contributed by atoms with Crippen LogP contribution in [0.1, 0.15) is 41.2 Å². The van der Waals surface area contributed by atoms with E-state index in [4.69, 9.17) is 9.47 Å². The van der Waals surface area contributed by atoms with E-state index in [-0.39, 0.29) is 0 Å². The van der Waals surface area contributed by atoms with E-state index in [0.29, 0.717) is 37.0 Å². The number of fused-ring (bicyclic) bond motifs is 3. The molecule has 0 spiro atoms. The van der Waals surface area contributed by atoms with Gasteiger partial charge < -0.3 is 9.47 Å². The minimum atomic E-state index is -3.42. The molecule has 3 aromatic heterocycles. The SMILES string of the molecule is CC/C(=C1\c2cc3cnn(Cc4ccc(OC)nc4)c3cc2COc2ncccc21)c1cccc(NS(C)(=O)=O)c1. The first-order valence-corrected chi connectivity index (χ1v) is 15.1. The molecule has 0 saturated carbocycles. The maximum atomic E-state index is 11.9. The summed E-state index contributed by atoms with van der Waals surface area (Å²) in [5.41, 5.74) is 8.42. The molecule has 6 rings (SSSR count). The van der Waals surface area contributed by atoms with Crippen molar-refractivity contribution in [1.82, 2.24) is 19.7 Å². The largest absolute Gasteiger partial charge is 0.481 e. The molecule has 0 radical (unpaired) electrons. The van der Waals surface area contributed by atoms with E-state index in [1.54, 1.807) is 25.6 Å². The summed E-state index contributed by atoms with van der Waals surface area (Å²) >= 11 is 0. The minimum Gasteiger partial charge on any atom is -0.481 e. The van der Waals surface area contributed by atoms with Crippen LogP contribution in [0.2, 0.25) is 0 Å². The summed E-state index contributed by atoms with van der Waals surface area (Å²) < 4.78 is 39.8. The number of sulfonamides is 1. The van der Waals surface area contributed by atoms with Crippen LogP contribution in [-0.4, -0.2) is 41.5 Å². The predicted octanol–water partition coefficient (Wildman–Crippen LogP) is 5.52. The highest BCUT2D eigenvalue weighted by atomic mass is 32.2. The molecule has 1 aliphatic rings. The van der Waals surface area contributed by atoms with Crippen LogP contribution in [0.4, 0.5) is 5.69 Å². The number of benzene rings is 2. The maximum absolute atomic E-state index is 11.9. The molecule has 41 heavy (non-hydrogen) atoms. The molecule has 9 nitrogen and oxygen atoms in total. The number of hydrogen-bond donors (Lipinski definition) is 1. The lowest BCUT2D eigenvalue weighted by atomic mass is 9.86. The Morgan fingerprint density at radius 1 is 1.05 bits per heavy atom. The van der Waals surface area contributed by atoms with Gasteiger partial charge in [-0.05, 0) is 76.2 Å². The summed E-state index contributed by atoms with van der Waals surface area (Å²) in [5.74, 6) is 1.13. The lowest BCUT2D eigenvalue weighted by Crippen LogP contribution is -2.09. The van der Waals surface area contributed by atoms with Gasteiger partial charge in [0.05, 0.1) is 31.6 Å². The first-order valence-electron chi connectivity index (χ1n) is 13.2. The molecule has 0 bridgehead atoms. The third-order valence-corrected chi connectivity index (χ3v) is 7.66. The number of rotatable bonds is 7. The third-order valence-electron chi connectivity index (χ3n) is 7.05. The second kappa shape index (κ2) is 10.7. The van der Waals surface area contributed by atoms with Gasteiger partial charge in [-0.25, -0.2) is 18.4 Å². The molecule has 0 saturated heterocycles. The Hall–Kier alpha value is -4.70. The lowest BCUT2D eigenvalue weighted by molar-refractivity contribution is 0.295. The van der Waals surface area contributed by atoms with Gasteiger partial charge in [-0.3, -0.25) is 9.40 Å². The molecule has 0 fully saturated rings. The van der Waals surface area contributed by atoms with Crippen molar-refractivity contribution in [2.24, 2.45) is 0 Å². The van der Waals surface area contributed by atoms with Crippen molar-refractivity contribution in [2.75, 3.05) is 18.1 Å². The molecule has 4 heterocycles. The fourth-order valence-corrected chi connectivity index (χ4v) is 5.82. The van der Waals surface area contributed by atoms with E-state index < -0.39 is 10.0 Å². The van der Waals surface area contributed by atoms with Crippen LogP contribution in [0.5, 0.6) is 11.8 Å². The van der Waals surface area contributed by atoms with E-state index >= 15 is 0 Å². The zero-order chi connectivity index (χ0) is 28.6. The monoisotopic (exact) mass is 567 g/mol. The number of pyridine rings is 2. The van der Waals surface area contributed by atoms with Gasteiger partial charge in [0, 0.05) is 35.1 Å². The van der Waals surface area contributed by atoms with E-state index in [2.05, 4.69) is 38.8 Å². The van der Waals surface area contributed by atoms with Gasteiger partial charge >= 0.3 is 0 Å². The van der Waals surface area contributed by atoms with Crippen LogP contribution in [-0.2, 0) is 23.2 Å². The standard InChI is InChI=1S/C31H29N5O4S/c1-4-25(21-7-5-8-24(13-21)35-41(3,37)38)30-26-9-6-12-32-31(26)40-19-23-15-28-22(14-27(23)30)17-34-36(28)18-20-10-11-29(39-2)33-16-20/h5-17,35H,4,18-19H2,1-3H3/b30-25+. The van der Waals surface area contributed by atoms with Crippen molar-refractivity contribution in [3.8, 4) is 11.8 Å². The van der Waals surface area contributed by atoms with E-state index in [1.165, 1.54) is 0 Å². The quantitative estimate of drug-likeness (QED) is 0.276. The van der Waals surface area contributed by atoms with Gasteiger partial charge in [0.25, 0.3) is 0 Å². The first-order chi connectivity index (χ1) is 19.8. The number of ether oxygens (including phenoxy) is 2. The van der Waals surface area contributed by atoms with Crippen LogP contribution < -0.4 is 14.2 Å². The van der Waals surface area contributed by atoms with Gasteiger partial charge in [0.2, 0.25) is 21.8 Å². The highest BCUT2D eigenvalue weighted by Gasteiger charge is 2.25. The van der Waals surface area contributed by atoms with Crippen molar-refractivity contribution in [1.29, 1.82) is 0 Å². The highest BCUT2D eigenvalue weighted by molar-refractivity contribution is 7.92. The molecule has 1 aliphatic heterocycles. The van der Waals surface area contributed by atoms with Crippen molar-refractivity contribution in [3.63, 3.8) is 0 Å². The van der Waals surface area contributed by atoms with Crippen molar-refractivity contribution in [2.45, 2.75) is 26.5 Å². The molecule has 0 atom stereocenters. The van der Waals surface area contributed by atoms with Crippen molar-refractivity contribution >= 4 is 37.8 Å². The van der Waals surface area contributed by atoms with Crippen molar-refractivity contribution in [3.05, 3.63) is 107 Å². The Balaban J connectivity index is 1.51. The van der Waals surface area contributed by atoms with Crippen LogP contribution in [0.3, 0.4) is 0 Å². The van der Waals surface area contributed by atoms with Crippen LogP contribution in [0, 0.1) is 0 Å². The normalized spacial score (nSPS) is 14.0. The van der Waals surface area contributed by atoms with Crippen molar-refractivity contribution < 1.29 is 17.9 Å². The van der Waals surface area contributed by atoms with Gasteiger partial charge in [0.15, 0.2) is 0 Å². The molecular weight excluding hydrogens is 538 g/mol. The van der Waals surface area contributed by atoms with E-state index in [1.807, 2.05) is 53.3 Å². The zero-order valence-corrected chi connectivity index (χ0v) is 23.8. The fourth-order valence-electron chi connectivity index (χ4n) is 5.27. The highest BCUT2D eigenvalue weighted by Crippen LogP contribution is 2.43. The number of nitrogens with zero attached hydrogens (tertiary/aromatic N) is 4. The Bertz CT molecular complexity index is 1900. The first kappa shape index (κ1) is 26.5. The third kappa shape index (κ3) is 5.38. The Labute approximate surface area is 238 Å². The molecule has 0 unspecified atom stereocenters. The van der Waals surface area contributed by atoms with Gasteiger partial charge in [0.1, 0.15) is 6.61 Å². The summed E-state index contributed by atoms with van der Waals surface area (Å²) in [5, 5.41) is 5.69. The topological polar surface area (TPSA) is 108 Å². The number of nitrogens with one attached hydrogen (secondary N) is 1. The molecule has 1 N–H and O–H groups in total. The van der Waals surface area contributed by atoms with Gasteiger partial charge in [-0.2, -0.15) is 5.10 Å². The minimum absolute atomic E-state index is 0.348. The summed E-state index contributed by atoms with van der Waals surface area (Å²) in [6.07, 6.45) is 7.25. The predicted molar refractivity (Wildman–Crippen MR) is 159 cm³/mol. The number of anilines is 1. The van der Waals surface area contributed by atoms with Crippen LogP contribution in [0.15, 0.2) is 79.3 Å². The molecule has 2 aromatic carbocycles. The maximum Gasteiger partial charge on any atom is 0.229 e. The molecule has 10 heteroatoms. The Morgan fingerprint density at radius 2 is 1.93 bits per heavy atom. The average molecular weight is 568 g/mol. The summed E-state index contributed by atoms with van der Waals surface area (Å²) in [7, 11) is -1.82. The molecule has 208 valence electrons.